The molecule has 0 aromatic rings. The molecule has 0 radical (unpaired) electrons. The first-order chi connectivity index (χ1) is 8.65. The maximum atomic E-state index is 2.57. The van der Waals surface area contributed by atoms with Crippen molar-refractivity contribution in [1.82, 2.24) is 0 Å². The van der Waals surface area contributed by atoms with E-state index in [0.717, 1.165) is 5.92 Å². The number of fused-ring (bicyclic) bond motifs is 2. The third kappa shape index (κ3) is 1.58. The van der Waals surface area contributed by atoms with Crippen LogP contribution in [-0.2, 0) is 0 Å². The smallest absolute Gasteiger partial charge is 0.00516 e. The summed E-state index contributed by atoms with van der Waals surface area (Å²) >= 11 is 0. The lowest BCUT2D eigenvalue weighted by molar-refractivity contribution is 0.521. The van der Waals surface area contributed by atoms with Gasteiger partial charge in [-0.15, -0.1) is 0 Å². The summed E-state index contributed by atoms with van der Waals surface area (Å²) in [6, 6.07) is 0. The van der Waals surface area contributed by atoms with Gasteiger partial charge in [0.25, 0.3) is 0 Å². The average molecular weight is 240 g/mol. The lowest BCUT2D eigenvalue weighted by atomic mass is 9.74. The van der Waals surface area contributed by atoms with Crippen molar-refractivity contribution in [3.05, 3.63) is 45.6 Å². The minimum atomic E-state index is 0.711. The molecule has 0 aromatic heterocycles. The maximum absolute atomic E-state index is 2.57. The van der Waals surface area contributed by atoms with Crippen LogP contribution in [0.5, 0.6) is 0 Å². The molecule has 0 fully saturated rings. The first-order valence-electron chi connectivity index (χ1n) is 7.45. The number of rotatable bonds is 2. The predicted molar refractivity (Wildman–Crippen MR) is 78.4 cm³/mol. The van der Waals surface area contributed by atoms with Gasteiger partial charge in [-0.1, -0.05) is 48.3 Å². The molecule has 96 valence electrons. The van der Waals surface area contributed by atoms with Crippen LogP contribution in [-0.4, -0.2) is 0 Å². The fourth-order valence-corrected chi connectivity index (χ4v) is 3.96. The van der Waals surface area contributed by atoms with Gasteiger partial charge < -0.3 is 0 Å². The highest BCUT2D eigenvalue weighted by Crippen LogP contribution is 2.51. The molecule has 3 aliphatic carbocycles. The minimum absolute atomic E-state index is 0.711. The van der Waals surface area contributed by atoms with Crippen molar-refractivity contribution >= 4 is 0 Å². The fourth-order valence-electron chi connectivity index (χ4n) is 3.96. The van der Waals surface area contributed by atoms with Crippen molar-refractivity contribution in [3.63, 3.8) is 0 Å². The molecule has 0 aliphatic heterocycles. The van der Waals surface area contributed by atoms with Crippen LogP contribution in [0.3, 0.4) is 0 Å². The van der Waals surface area contributed by atoms with E-state index in [9.17, 15) is 0 Å². The Balaban J connectivity index is 2.05. The van der Waals surface area contributed by atoms with E-state index in [4.69, 9.17) is 0 Å². The van der Waals surface area contributed by atoms with Crippen LogP contribution in [0.25, 0.3) is 0 Å². The van der Waals surface area contributed by atoms with Gasteiger partial charge in [0.1, 0.15) is 0 Å². The van der Waals surface area contributed by atoms with Gasteiger partial charge in [0.2, 0.25) is 0 Å². The molecule has 0 heteroatoms. The molecular weight excluding hydrogens is 216 g/mol. The lowest BCUT2D eigenvalue weighted by Crippen LogP contribution is -2.18. The molecule has 0 bridgehead atoms. The van der Waals surface area contributed by atoms with E-state index in [1.165, 1.54) is 25.7 Å². The van der Waals surface area contributed by atoms with E-state index in [2.05, 4.69) is 39.8 Å². The molecule has 3 rings (SSSR count). The van der Waals surface area contributed by atoms with Crippen LogP contribution in [0.15, 0.2) is 45.6 Å². The van der Waals surface area contributed by atoms with Crippen molar-refractivity contribution in [1.29, 1.82) is 0 Å². The summed E-state index contributed by atoms with van der Waals surface area (Å²) in [5.41, 5.74) is 9.85. The monoisotopic (exact) mass is 240 g/mol. The van der Waals surface area contributed by atoms with Crippen LogP contribution in [0, 0.1) is 11.8 Å². The number of hydrogen-bond donors (Lipinski definition) is 0. The molecule has 2 unspecified atom stereocenters. The summed E-state index contributed by atoms with van der Waals surface area (Å²) in [6.45, 7) is 9.33. The molecule has 0 saturated carbocycles. The fraction of sp³-hybridized carbons (Fsp3) is 0.556. The second-order valence-corrected chi connectivity index (χ2v) is 6.11. The van der Waals surface area contributed by atoms with Crippen LogP contribution < -0.4 is 0 Å². The molecule has 0 saturated heterocycles. The Morgan fingerprint density at radius 1 is 1.06 bits per heavy atom. The molecular formula is C18H24. The highest BCUT2D eigenvalue weighted by atomic mass is 14.4. The minimum Gasteiger partial charge on any atom is -0.0775 e. The largest absolute Gasteiger partial charge is 0.0775 e. The Morgan fingerprint density at radius 2 is 1.78 bits per heavy atom. The summed E-state index contributed by atoms with van der Waals surface area (Å²) in [6.07, 6.45) is 10.0. The molecule has 2 atom stereocenters. The standard InChI is InChI=1S/C18H24/c1-5-13-7-15-11(3)17-9-14(6-2)10-18(17)12(4)16(15)8-13/h7,10,15-16H,5-6,8-9H2,1-4H3. The van der Waals surface area contributed by atoms with E-state index < -0.39 is 0 Å². The Labute approximate surface area is 111 Å². The van der Waals surface area contributed by atoms with Crippen molar-refractivity contribution in [2.45, 2.75) is 53.4 Å². The summed E-state index contributed by atoms with van der Waals surface area (Å²) < 4.78 is 0. The summed E-state index contributed by atoms with van der Waals surface area (Å²) in [5, 5.41) is 0. The van der Waals surface area contributed by atoms with Gasteiger partial charge in [0.15, 0.2) is 0 Å². The lowest BCUT2D eigenvalue weighted by Gasteiger charge is -2.30. The molecule has 0 amide bonds. The van der Waals surface area contributed by atoms with Gasteiger partial charge in [-0.25, -0.2) is 0 Å². The van der Waals surface area contributed by atoms with E-state index in [1.807, 2.05) is 0 Å². The van der Waals surface area contributed by atoms with Crippen LogP contribution in [0.2, 0.25) is 0 Å². The van der Waals surface area contributed by atoms with Crippen LogP contribution in [0.1, 0.15) is 53.4 Å². The molecule has 0 spiro atoms. The highest BCUT2D eigenvalue weighted by Gasteiger charge is 2.37. The van der Waals surface area contributed by atoms with Crippen LogP contribution >= 0.6 is 0 Å². The van der Waals surface area contributed by atoms with E-state index in [-0.39, 0.29) is 0 Å². The summed E-state index contributed by atoms with van der Waals surface area (Å²) in [7, 11) is 0. The zero-order valence-corrected chi connectivity index (χ0v) is 12.1. The second-order valence-electron chi connectivity index (χ2n) is 6.11. The Hall–Kier alpha value is -1.04. The first-order valence-corrected chi connectivity index (χ1v) is 7.45. The molecule has 0 nitrogen and oxygen atoms in total. The van der Waals surface area contributed by atoms with E-state index in [1.54, 1.807) is 33.4 Å². The Kier molecular flexibility index (Phi) is 2.84. The van der Waals surface area contributed by atoms with E-state index in [0.29, 0.717) is 5.92 Å². The van der Waals surface area contributed by atoms with Gasteiger partial charge in [0.05, 0.1) is 0 Å². The predicted octanol–water partition coefficient (Wildman–Crippen LogP) is 5.35. The molecule has 0 heterocycles. The van der Waals surface area contributed by atoms with Gasteiger partial charge in [-0.3, -0.25) is 0 Å². The summed E-state index contributed by atoms with van der Waals surface area (Å²) in [5.74, 6) is 1.48. The zero-order chi connectivity index (χ0) is 12.9. The third-order valence-electron chi connectivity index (χ3n) is 5.27. The Morgan fingerprint density at radius 3 is 2.44 bits per heavy atom. The Bertz CT molecular complexity index is 508. The van der Waals surface area contributed by atoms with Crippen molar-refractivity contribution < 1.29 is 0 Å². The first kappa shape index (κ1) is 12.0. The second kappa shape index (κ2) is 4.26. The third-order valence-corrected chi connectivity index (χ3v) is 5.27. The normalized spacial score (nSPS) is 30.4. The van der Waals surface area contributed by atoms with Crippen molar-refractivity contribution in [2.75, 3.05) is 0 Å². The SMILES string of the molecule is CCC1=CC2=C(C)C3CC(CC)=CC3C(C)=C2C1. The summed E-state index contributed by atoms with van der Waals surface area (Å²) in [4.78, 5) is 0. The number of allylic oxidation sites excluding steroid dienone is 8. The van der Waals surface area contributed by atoms with Crippen molar-refractivity contribution in [3.8, 4) is 0 Å². The number of hydrogen-bond acceptors (Lipinski definition) is 0. The highest BCUT2D eigenvalue weighted by molar-refractivity contribution is 5.59. The van der Waals surface area contributed by atoms with E-state index >= 15 is 0 Å². The van der Waals surface area contributed by atoms with Gasteiger partial charge in [-0.2, -0.15) is 0 Å². The molecule has 0 aromatic carbocycles. The topological polar surface area (TPSA) is 0 Å². The average Bonchev–Trinajstić information content (AvgIpc) is 3.00. The maximum Gasteiger partial charge on any atom is 0.00516 e. The zero-order valence-electron chi connectivity index (χ0n) is 12.1. The van der Waals surface area contributed by atoms with Gasteiger partial charge in [0, 0.05) is 5.92 Å². The molecule has 0 N–H and O–H groups in total. The quantitative estimate of drug-likeness (QED) is 0.571. The molecule has 3 aliphatic rings. The van der Waals surface area contributed by atoms with Crippen molar-refractivity contribution in [2.24, 2.45) is 11.8 Å². The van der Waals surface area contributed by atoms with Gasteiger partial charge >= 0.3 is 0 Å². The van der Waals surface area contributed by atoms with Gasteiger partial charge in [-0.05, 0) is 56.6 Å². The molecule has 18 heavy (non-hydrogen) atoms. The van der Waals surface area contributed by atoms with Crippen LogP contribution in [0.4, 0.5) is 0 Å².